The van der Waals surface area contributed by atoms with Crippen LogP contribution in [0.25, 0.3) is 32.9 Å². The lowest BCUT2D eigenvalue weighted by molar-refractivity contribution is -0.145. The molecule has 5 aromatic rings. The summed E-state index contributed by atoms with van der Waals surface area (Å²) in [7, 11) is 1.21. The second-order valence-electron chi connectivity index (χ2n) is 17.4. The summed E-state index contributed by atoms with van der Waals surface area (Å²) in [6.45, 7) is 14.6. The number of aromatic nitrogens is 1. The second-order valence-corrected chi connectivity index (χ2v) is 17.4. The quantitative estimate of drug-likeness (QED) is 0.0278. The van der Waals surface area contributed by atoms with Crippen LogP contribution >= 0.6 is 0 Å². The monoisotopic (exact) mass is 897 g/mol. The van der Waals surface area contributed by atoms with Crippen molar-refractivity contribution < 1.29 is 43.0 Å². The fourth-order valence-corrected chi connectivity index (χ4v) is 8.38. The highest BCUT2D eigenvalue weighted by Crippen LogP contribution is 2.44. The van der Waals surface area contributed by atoms with Gasteiger partial charge in [0.15, 0.2) is 0 Å². The van der Waals surface area contributed by atoms with Crippen molar-refractivity contribution in [1.82, 2.24) is 25.8 Å². The Morgan fingerprint density at radius 1 is 0.742 bits per heavy atom. The molecule has 14 heteroatoms. The predicted octanol–water partition coefficient (Wildman–Crippen LogP) is 7.78. The Kier molecular flexibility index (Phi) is 15.8. The molecule has 4 aromatic carbocycles. The fourth-order valence-electron chi connectivity index (χ4n) is 8.38. The highest BCUT2D eigenvalue weighted by Gasteiger charge is 2.31. The maximum absolute atomic E-state index is 14.2. The number of carbonyl (C=O) groups excluding carboxylic acids is 6. The molecule has 14 nitrogen and oxygen atoms in total. The van der Waals surface area contributed by atoms with E-state index < -0.39 is 59.6 Å². The summed E-state index contributed by atoms with van der Waals surface area (Å²) < 4.78 is 17.9. The van der Waals surface area contributed by atoms with Gasteiger partial charge in [-0.15, -0.1) is 13.2 Å². The summed E-state index contributed by atoms with van der Waals surface area (Å²) in [5.41, 5.74) is 6.61. The summed E-state index contributed by atoms with van der Waals surface area (Å²) in [6.07, 6.45) is 3.81. The first-order valence-electron chi connectivity index (χ1n) is 22.2. The molecular weight excluding hydrogens is 839 g/mol. The summed E-state index contributed by atoms with van der Waals surface area (Å²) >= 11 is 0. The summed E-state index contributed by atoms with van der Waals surface area (Å²) in [5.74, 6) is -2.52. The minimum atomic E-state index is -1.14. The van der Waals surface area contributed by atoms with E-state index in [-0.39, 0.29) is 38.3 Å². The molecule has 4 amide bonds. The number of allylic oxidation sites excluding steroid dienone is 1. The number of unbranched alkanes of at least 4 members (excludes halogenated alkanes) is 1. The van der Waals surface area contributed by atoms with Gasteiger partial charge in [-0.05, 0) is 111 Å². The third-order valence-electron chi connectivity index (χ3n) is 11.4. The first kappa shape index (κ1) is 48.2. The van der Waals surface area contributed by atoms with Gasteiger partial charge in [0.2, 0.25) is 17.7 Å². The first-order chi connectivity index (χ1) is 31.6. The van der Waals surface area contributed by atoms with E-state index in [0.29, 0.717) is 35.9 Å². The maximum atomic E-state index is 14.2. The van der Waals surface area contributed by atoms with Gasteiger partial charge in [0.25, 0.3) is 0 Å². The average Bonchev–Trinajstić information content (AvgIpc) is 3.78. The van der Waals surface area contributed by atoms with E-state index in [1.54, 1.807) is 39.0 Å². The van der Waals surface area contributed by atoms with Crippen LogP contribution in [0.1, 0.15) is 81.5 Å². The molecule has 346 valence electrons. The number of hydrogen-bond donors (Lipinski definition) is 4. The van der Waals surface area contributed by atoms with E-state index in [1.165, 1.54) is 24.7 Å². The smallest absolute Gasteiger partial charge is 0.419 e. The largest absolute Gasteiger partial charge is 0.467 e. The van der Waals surface area contributed by atoms with Gasteiger partial charge in [-0.3, -0.25) is 14.4 Å². The first-order valence-corrected chi connectivity index (χ1v) is 22.2. The molecule has 0 saturated carbocycles. The van der Waals surface area contributed by atoms with Crippen LogP contribution in [0.2, 0.25) is 0 Å². The number of rotatable bonds is 19. The van der Waals surface area contributed by atoms with Crippen LogP contribution in [-0.2, 0) is 46.2 Å². The average molecular weight is 898 g/mol. The van der Waals surface area contributed by atoms with E-state index in [4.69, 9.17) is 14.2 Å². The Balaban J connectivity index is 1.15. The molecule has 4 N–H and O–H groups in total. The minimum absolute atomic E-state index is 0.0342. The highest BCUT2D eigenvalue weighted by molar-refractivity contribution is 6.13. The number of hydrogen-bond acceptors (Lipinski definition) is 9. The summed E-state index contributed by atoms with van der Waals surface area (Å²) in [5, 5.41) is 12.5. The van der Waals surface area contributed by atoms with Crippen LogP contribution < -0.4 is 21.3 Å². The highest BCUT2D eigenvalue weighted by atomic mass is 16.6. The SMILES string of the molecule is C=CCc1ccc2c(c1)c1cc(CC(NC(C)=O)C(=O)N[C@H](CCCCNC(=O)OCC3c4ccccc4-c4ccccc43)C(=O)N[C@@H](CC=C)C(=O)OC)ccc1n2C(=O)OC(C)(C)C. The van der Waals surface area contributed by atoms with E-state index in [1.807, 2.05) is 60.7 Å². The van der Waals surface area contributed by atoms with Crippen molar-refractivity contribution in [3.8, 4) is 11.1 Å². The van der Waals surface area contributed by atoms with E-state index in [0.717, 1.165) is 38.6 Å². The standard InChI is InChI=1S/C52H59N5O9/c1-8-16-33-23-25-45-39(28-33)40-29-34(24-26-46(40)57(45)51(63)66-52(4,5)6)30-44(54-32(3)58)48(60)55-42(47(59)56-43(17-9-2)49(61)64-7)22-14-15-27-53-50(62)65-31-41-37-20-12-10-18-35(37)36-19-11-13-21-38(36)41/h8-13,18-21,23-26,28-29,41-44H,1-2,14-17,22,27,30-31H2,3-7H3,(H,53,62)(H,54,58)(H,55,60)(H,56,59)/t42-,43+,44?/m1/s1. The lowest BCUT2D eigenvalue weighted by Crippen LogP contribution is -2.56. The van der Waals surface area contributed by atoms with Gasteiger partial charge in [0.1, 0.15) is 30.3 Å². The molecule has 0 saturated heterocycles. The molecule has 0 bridgehead atoms. The summed E-state index contributed by atoms with van der Waals surface area (Å²) in [4.78, 5) is 79.6. The number of nitrogens with one attached hydrogen (secondary N) is 4. The molecule has 0 spiro atoms. The normalized spacial score (nSPS) is 13.3. The molecule has 1 unspecified atom stereocenters. The van der Waals surface area contributed by atoms with Gasteiger partial charge in [-0.1, -0.05) is 72.8 Å². The zero-order valence-electron chi connectivity index (χ0n) is 38.2. The molecule has 66 heavy (non-hydrogen) atoms. The molecule has 1 aliphatic carbocycles. The lowest BCUT2D eigenvalue weighted by atomic mass is 9.98. The van der Waals surface area contributed by atoms with Crippen LogP contribution in [0.5, 0.6) is 0 Å². The van der Waals surface area contributed by atoms with Crippen molar-refractivity contribution in [2.45, 2.75) is 95.9 Å². The van der Waals surface area contributed by atoms with Crippen LogP contribution in [0.4, 0.5) is 9.59 Å². The molecule has 0 aliphatic heterocycles. The minimum Gasteiger partial charge on any atom is -0.467 e. The molecule has 6 rings (SSSR count). The van der Waals surface area contributed by atoms with Gasteiger partial charge in [-0.2, -0.15) is 0 Å². The second kappa shape index (κ2) is 21.6. The number of ether oxygens (including phenoxy) is 3. The van der Waals surface area contributed by atoms with Crippen LogP contribution in [0.3, 0.4) is 0 Å². The van der Waals surface area contributed by atoms with Crippen molar-refractivity contribution >= 4 is 57.7 Å². The van der Waals surface area contributed by atoms with Crippen LogP contribution in [0.15, 0.2) is 110 Å². The van der Waals surface area contributed by atoms with Crippen molar-refractivity contribution in [3.05, 3.63) is 132 Å². The summed E-state index contributed by atoms with van der Waals surface area (Å²) in [6, 6.07) is 24.1. The Labute approximate surface area is 385 Å². The van der Waals surface area contributed by atoms with Crippen LogP contribution in [-0.4, -0.2) is 84.4 Å². The zero-order valence-corrected chi connectivity index (χ0v) is 38.2. The Hall–Kier alpha value is -7.22. The topological polar surface area (TPSA) is 183 Å². The Bertz CT molecular complexity index is 2600. The van der Waals surface area contributed by atoms with Gasteiger partial charge in [0.05, 0.1) is 18.1 Å². The van der Waals surface area contributed by atoms with Crippen molar-refractivity contribution in [3.63, 3.8) is 0 Å². The zero-order chi connectivity index (χ0) is 47.5. The van der Waals surface area contributed by atoms with E-state index in [9.17, 15) is 28.8 Å². The fraction of sp³-hybridized carbons (Fsp3) is 0.346. The number of fused-ring (bicyclic) bond motifs is 6. The number of carbonyl (C=O) groups is 6. The maximum Gasteiger partial charge on any atom is 0.419 e. The van der Waals surface area contributed by atoms with Crippen molar-refractivity contribution in [2.24, 2.45) is 0 Å². The number of amides is 4. The number of methoxy groups -OCH3 is 1. The van der Waals surface area contributed by atoms with Crippen molar-refractivity contribution in [2.75, 3.05) is 20.3 Å². The lowest BCUT2D eigenvalue weighted by Gasteiger charge is -2.25. The van der Waals surface area contributed by atoms with Gasteiger partial charge >= 0.3 is 18.2 Å². The third kappa shape index (κ3) is 11.7. The van der Waals surface area contributed by atoms with Crippen molar-refractivity contribution in [1.29, 1.82) is 0 Å². The molecule has 1 aliphatic rings. The molecule has 0 fully saturated rings. The van der Waals surface area contributed by atoms with Gasteiger partial charge < -0.3 is 35.5 Å². The van der Waals surface area contributed by atoms with Gasteiger partial charge in [0, 0.05) is 36.6 Å². The van der Waals surface area contributed by atoms with E-state index in [2.05, 4.69) is 46.6 Å². The molecule has 1 heterocycles. The van der Waals surface area contributed by atoms with E-state index >= 15 is 0 Å². The number of benzene rings is 4. The van der Waals surface area contributed by atoms with Crippen LogP contribution in [0, 0.1) is 0 Å². The Morgan fingerprint density at radius 3 is 1.92 bits per heavy atom. The molecular formula is C52H59N5O9. The Morgan fingerprint density at radius 2 is 1.33 bits per heavy atom. The molecule has 3 atom stereocenters. The molecule has 1 aromatic heterocycles. The van der Waals surface area contributed by atoms with Gasteiger partial charge in [-0.25, -0.2) is 19.0 Å². The number of esters is 1. The number of nitrogens with zero attached hydrogens (tertiary/aromatic N) is 1. The molecule has 0 radical (unpaired) electrons. The number of alkyl carbamates (subject to hydrolysis) is 1. The third-order valence-corrected chi connectivity index (χ3v) is 11.4. The predicted molar refractivity (Wildman–Crippen MR) is 254 cm³/mol.